The van der Waals surface area contributed by atoms with Crippen LogP contribution in [0.3, 0.4) is 0 Å². The first-order valence-electron chi connectivity index (χ1n) is 4.76. The summed E-state index contributed by atoms with van der Waals surface area (Å²) in [6.07, 6.45) is 0. The number of esters is 1. The van der Waals surface area contributed by atoms with Gasteiger partial charge in [0.1, 0.15) is 6.54 Å². The Bertz CT molecular complexity index is 464. The second-order valence-electron chi connectivity index (χ2n) is 3.20. The highest BCUT2D eigenvalue weighted by atomic mass is 35.5. The van der Waals surface area contributed by atoms with Crippen LogP contribution in [0.1, 0.15) is 10.4 Å². The number of ether oxygens (including phenoxy) is 1. The van der Waals surface area contributed by atoms with Crippen LogP contribution in [0.5, 0.6) is 0 Å². The topological polar surface area (TPSA) is 102 Å². The second-order valence-corrected chi connectivity index (χ2v) is 3.61. The zero-order chi connectivity index (χ0) is 13.7. The first-order valence-corrected chi connectivity index (χ1v) is 5.14. The van der Waals surface area contributed by atoms with E-state index >= 15 is 0 Å². The molecule has 1 aromatic rings. The minimum Gasteiger partial charge on any atom is -0.733 e. The van der Waals surface area contributed by atoms with Crippen LogP contribution in [-0.4, -0.2) is 30.7 Å². The van der Waals surface area contributed by atoms with Gasteiger partial charge in [0.2, 0.25) is 0 Å². The summed E-state index contributed by atoms with van der Waals surface area (Å²) in [5.41, 5.74) is -0.185. The summed E-state index contributed by atoms with van der Waals surface area (Å²) in [5.74, 6) is -1.20. The molecule has 0 fully saturated rings. The maximum absolute atomic E-state index is 11.6. The standard InChI is InChI=1S/C10H10ClN2O5/c1-18-9(14)5-12-10(15)6-2-3-7(11)8(4-6)13(16)17/h2-4,16H,5H2,1H3,(H,12,15)/q-1. The van der Waals surface area contributed by atoms with E-state index in [1.165, 1.54) is 19.2 Å². The molecule has 1 rings (SSSR count). The highest BCUT2D eigenvalue weighted by molar-refractivity contribution is 6.33. The maximum Gasteiger partial charge on any atom is 0.325 e. The van der Waals surface area contributed by atoms with Crippen molar-refractivity contribution < 1.29 is 19.5 Å². The third-order valence-electron chi connectivity index (χ3n) is 2.04. The first-order chi connectivity index (χ1) is 8.45. The van der Waals surface area contributed by atoms with Crippen molar-refractivity contribution in [2.24, 2.45) is 0 Å². The van der Waals surface area contributed by atoms with E-state index in [9.17, 15) is 14.8 Å². The van der Waals surface area contributed by atoms with Gasteiger partial charge in [-0.2, -0.15) is 0 Å². The van der Waals surface area contributed by atoms with Crippen LogP contribution in [0.4, 0.5) is 5.69 Å². The summed E-state index contributed by atoms with van der Waals surface area (Å²) in [6.45, 7) is -0.298. The number of hydrogen-bond donors (Lipinski definition) is 2. The van der Waals surface area contributed by atoms with Gasteiger partial charge < -0.3 is 20.5 Å². The lowest BCUT2D eigenvalue weighted by Crippen LogP contribution is -2.30. The van der Waals surface area contributed by atoms with Gasteiger partial charge >= 0.3 is 5.97 Å². The molecule has 0 radical (unpaired) electrons. The Labute approximate surface area is 107 Å². The average Bonchev–Trinajstić information content (AvgIpc) is 2.35. The van der Waals surface area contributed by atoms with Crippen molar-refractivity contribution >= 4 is 29.2 Å². The van der Waals surface area contributed by atoms with Crippen LogP contribution in [0.2, 0.25) is 5.02 Å². The minimum absolute atomic E-state index is 0.00276. The molecule has 0 saturated carbocycles. The number of halogens is 1. The van der Waals surface area contributed by atoms with Gasteiger partial charge in [-0.15, -0.1) is 0 Å². The number of methoxy groups -OCH3 is 1. The van der Waals surface area contributed by atoms with Crippen LogP contribution in [-0.2, 0) is 9.53 Å². The van der Waals surface area contributed by atoms with Gasteiger partial charge in [-0.25, -0.2) is 0 Å². The molecule has 8 heteroatoms. The van der Waals surface area contributed by atoms with Crippen molar-refractivity contribution in [2.75, 3.05) is 18.9 Å². The number of nitrogens with one attached hydrogen (secondary N) is 1. The molecule has 0 spiro atoms. The molecule has 0 atom stereocenters. The van der Waals surface area contributed by atoms with Gasteiger partial charge in [0, 0.05) is 5.56 Å². The largest absolute Gasteiger partial charge is 0.733 e. The molecule has 0 unspecified atom stereocenters. The molecule has 1 amide bonds. The van der Waals surface area contributed by atoms with E-state index < -0.39 is 17.1 Å². The van der Waals surface area contributed by atoms with Crippen LogP contribution >= 0.6 is 11.6 Å². The molecule has 2 N–H and O–H groups in total. The summed E-state index contributed by atoms with van der Waals surface area (Å²) >= 11 is 5.64. The number of anilines is 1. The Balaban J connectivity index is 2.80. The molecule has 0 heterocycles. The number of carbonyl (C=O) groups excluding carboxylic acids is 2. The van der Waals surface area contributed by atoms with Crippen molar-refractivity contribution in [1.29, 1.82) is 0 Å². The van der Waals surface area contributed by atoms with Crippen LogP contribution in [0.25, 0.3) is 0 Å². The van der Waals surface area contributed by atoms with Crippen molar-refractivity contribution in [3.05, 3.63) is 34.0 Å². The number of amides is 1. The molecule has 0 aliphatic rings. The lowest BCUT2D eigenvalue weighted by atomic mass is 10.2. The van der Waals surface area contributed by atoms with E-state index in [1.807, 2.05) is 0 Å². The summed E-state index contributed by atoms with van der Waals surface area (Å²) in [6, 6.07) is 3.73. The Hall–Kier alpha value is -1.83. The lowest BCUT2D eigenvalue weighted by Gasteiger charge is -2.23. The van der Waals surface area contributed by atoms with Crippen molar-refractivity contribution in [3.8, 4) is 0 Å². The molecule has 0 saturated heterocycles. The fraction of sp³-hybridized carbons (Fsp3) is 0.200. The Morgan fingerprint density at radius 1 is 1.56 bits per heavy atom. The SMILES string of the molecule is COC(=O)CNC(=O)c1ccc(Cl)c(N([O-])O)c1. The zero-order valence-electron chi connectivity index (χ0n) is 9.34. The third-order valence-corrected chi connectivity index (χ3v) is 2.35. The lowest BCUT2D eigenvalue weighted by molar-refractivity contribution is -0.139. The van der Waals surface area contributed by atoms with Gasteiger partial charge in [0.25, 0.3) is 5.91 Å². The number of hydrogen-bond acceptors (Lipinski definition) is 6. The average molecular weight is 274 g/mol. The number of rotatable bonds is 4. The van der Waals surface area contributed by atoms with Crippen LogP contribution < -0.4 is 10.5 Å². The first kappa shape index (κ1) is 14.2. The van der Waals surface area contributed by atoms with Crippen molar-refractivity contribution in [1.82, 2.24) is 5.32 Å². The Kier molecular flexibility index (Phi) is 4.90. The van der Waals surface area contributed by atoms with E-state index in [4.69, 9.17) is 16.8 Å². The summed E-state index contributed by atoms with van der Waals surface area (Å²) < 4.78 is 4.34. The van der Waals surface area contributed by atoms with Crippen molar-refractivity contribution in [3.63, 3.8) is 0 Å². The third kappa shape index (κ3) is 3.59. The van der Waals surface area contributed by atoms with E-state index in [0.29, 0.717) is 0 Å². The molecule has 1 aromatic carbocycles. The fourth-order valence-electron chi connectivity index (χ4n) is 1.13. The predicted molar refractivity (Wildman–Crippen MR) is 63.4 cm³/mol. The Morgan fingerprint density at radius 2 is 2.22 bits per heavy atom. The number of benzene rings is 1. The molecular formula is C10H10ClN2O5-. The maximum atomic E-state index is 11.6. The Morgan fingerprint density at radius 3 is 2.78 bits per heavy atom. The van der Waals surface area contributed by atoms with E-state index in [0.717, 1.165) is 6.07 Å². The van der Waals surface area contributed by atoms with Crippen molar-refractivity contribution in [2.45, 2.75) is 0 Å². The van der Waals surface area contributed by atoms with Crippen LogP contribution in [0.15, 0.2) is 18.2 Å². The highest BCUT2D eigenvalue weighted by Crippen LogP contribution is 2.25. The summed E-state index contributed by atoms with van der Waals surface area (Å²) in [4.78, 5) is 22.4. The predicted octanol–water partition coefficient (Wildman–Crippen LogP) is 0.936. The van der Waals surface area contributed by atoms with Gasteiger partial charge in [-0.1, -0.05) is 11.6 Å². The smallest absolute Gasteiger partial charge is 0.325 e. The quantitative estimate of drug-likeness (QED) is 0.625. The molecule has 0 aliphatic heterocycles. The second kappa shape index (κ2) is 6.20. The number of carbonyl (C=O) groups is 2. The fourth-order valence-corrected chi connectivity index (χ4v) is 1.32. The van der Waals surface area contributed by atoms with E-state index in [1.54, 1.807) is 0 Å². The monoisotopic (exact) mass is 273 g/mol. The molecule has 0 bridgehead atoms. The summed E-state index contributed by atoms with van der Waals surface area (Å²) in [5, 5.41) is 21.3. The normalized spacial score (nSPS) is 9.78. The van der Waals surface area contributed by atoms with Crippen LogP contribution in [0, 0.1) is 5.21 Å². The van der Waals surface area contributed by atoms with Gasteiger partial charge in [0.05, 0.1) is 17.8 Å². The summed E-state index contributed by atoms with van der Waals surface area (Å²) in [7, 11) is 1.19. The molecule has 98 valence electrons. The van der Waals surface area contributed by atoms with Gasteiger partial charge in [-0.3, -0.25) is 14.8 Å². The minimum atomic E-state index is -0.606. The molecule has 7 nitrogen and oxygen atoms in total. The van der Waals surface area contributed by atoms with Gasteiger partial charge in [0.15, 0.2) is 0 Å². The van der Waals surface area contributed by atoms with E-state index in [2.05, 4.69) is 10.1 Å². The van der Waals surface area contributed by atoms with Gasteiger partial charge in [-0.05, 0) is 18.2 Å². The molecule has 18 heavy (non-hydrogen) atoms. The number of nitrogens with zero attached hydrogens (tertiary/aromatic N) is 1. The molecule has 0 aromatic heterocycles. The van der Waals surface area contributed by atoms with E-state index in [-0.39, 0.29) is 22.8 Å². The molecular weight excluding hydrogens is 264 g/mol. The zero-order valence-corrected chi connectivity index (χ0v) is 10.1. The highest BCUT2D eigenvalue weighted by Gasteiger charge is 2.10. The molecule has 0 aliphatic carbocycles.